The SMILES string of the molecule is COCCNc1ncc(C(=O)NCc2ccccc2)cn1. The van der Waals surface area contributed by atoms with Gasteiger partial charge >= 0.3 is 0 Å². The number of anilines is 1. The first-order valence-corrected chi connectivity index (χ1v) is 6.66. The fourth-order valence-corrected chi connectivity index (χ4v) is 1.68. The van der Waals surface area contributed by atoms with E-state index < -0.39 is 0 Å². The maximum atomic E-state index is 12.0. The van der Waals surface area contributed by atoms with E-state index in [1.165, 1.54) is 12.4 Å². The van der Waals surface area contributed by atoms with Crippen molar-refractivity contribution in [2.45, 2.75) is 6.54 Å². The molecule has 2 aromatic rings. The molecule has 21 heavy (non-hydrogen) atoms. The summed E-state index contributed by atoms with van der Waals surface area (Å²) in [4.78, 5) is 20.1. The number of carbonyl (C=O) groups excluding carboxylic acids is 1. The topological polar surface area (TPSA) is 76.1 Å². The number of carbonyl (C=O) groups is 1. The van der Waals surface area contributed by atoms with Crippen molar-refractivity contribution in [1.82, 2.24) is 15.3 Å². The number of methoxy groups -OCH3 is 1. The number of amides is 1. The van der Waals surface area contributed by atoms with Gasteiger partial charge in [0.15, 0.2) is 0 Å². The second-order valence-electron chi connectivity index (χ2n) is 4.38. The molecule has 0 aliphatic heterocycles. The highest BCUT2D eigenvalue weighted by Crippen LogP contribution is 2.02. The monoisotopic (exact) mass is 286 g/mol. The van der Waals surface area contributed by atoms with Crippen molar-refractivity contribution in [3.63, 3.8) is 0 Å². The lowest BCUT2D eigenvalue weighted by Crippen LogP contribution is -2.23. The van der Waals surface area contributed by atoms with Gasteiger partial charge in [0.1, 0.15) is 0 Å². The van der Waals surface area contributed by atoms with E-state index in [4.69, 9.17) is 4.74 Å². The lowest BCUT2D eigenvalue weighted by Gasteiger charge is -2.06. The molecule has 0 aliphatic rings. The summed E-state index contributed by atoms with van der Waals surface area (Å²) in [5, 5.41) is 5.82. The lowest BCUT2D eigenvalue weighted by molar-refractivity contribution is 0.0950. The highest BCUT2D eigenvalue weighted by molar-refractivity contribution is 5.93. The van der Waals surface area contributed by atoms with Crippen LogP contribution in [-0.4, -0.2) is 36.1 Å². The van der Waals surface area contributed by atoms with Crippen LogP contribution in [-0.2, 0) is 11.3 Å². The molecule has 0 saturated carbocycles. The van der Waals surface area contributed by atoms with Crippen molar-refractivity contribution < 1.29 is 9.53 Å². The molecule has 6 nitrogen and oxygen atoms in total. The maximum Gasteiger partial charge on any atom is 0.254 e. The van der Waals surface area contributed by atoms with Gasteiger partial charge in [-0.1, -0.05) is 30.3 Å². The minimum Gasteiger partial charge on any atom is -0.383 e. The van der Waals surface area contributed by atoms with Crippen LogP contribution in [0, 0.1) is 0 Å². The molecule has 6 heteroatoms. The van der Waals surface area contributed by atoms with Gasteiger partial charge in [-0.15, -0.1) is 0 Å². The van der Waals surface area contributed by atoms with E-state index >= 15 is 0 Å². The van der Waals surface area contributed by atoms with E-state index in [9.17, 15) is 4.79 Å². The van der Waals surface area contributed by atoms with E-state index in [1.807, 2.05) is 30.3 Å². The molecule has 0 bridgehead atoms. The summed E-state index contributed by atoms with van der Waals surface area (Å²) in [5.74, 6) is 0.286. The largest absolute Gasteiger partial charge is 0.383 e. The van der Waals surface area contributed by atoms with E-state index in [0.717, 1.165) is 5.56 Å². The number of nitrogens with one attached hydrogen (secondary N) is 2. The van der Waals surface area contributed by atoms with Crippen LogP contribution in [0.4, 0.5) is 5.95 Å². The quantitative estimate of drug-likeness (QED) is 0.754. The predicted octanol–water partition coefficient (Wildman–Crippen LogP) is 1.46. The predicted molar refractivity (Wildman–Crippen MR) is 80.0 cm³/mol. The van der Waals surface area contributed by atoms with Crippen LogP contribution < -0.4 is 10.6 Å². The normalized spacial score (nSPS) is 10.1. The number of ether oxygens (including phenoxy) is 1. The van der Waals surface area contributed by atoms with Gasteiger partial charge < -0.3 is 15.4 Å². The average Bonchev–Trinajstić information content (AvgIpc) is 2.54. The highest BCUT2D eigenvalue weighted by Gasteiger charge is 2.06. The summed E-state index contributed by atoms with van der Waals surface area (Å²) >= 11 is 0. The minimum absolute atomic E-state index is 0.192. The Hall–Kier alpha value is -2.47. The summed E-state index contributed by atoms with van der Waals surface area (Å²) in [7, 11) is 1.63. The Morgan fingerprint density at radius 1 is 1.19 bits per heavy atom. The molecule has 0 radical (unpaired) electrons. The lowest BCUT2D eigenvalue weighted by atomic mass is 10.2. The van der Waals surface area contributed by atoms with Gasteiger partial charge in [-0.2, -0.15) is 0 Å². The summed E-state index contributed by atoms with van der Waals surface area (Å²) in [6.45, 7) is 1.67. The van der Waals surface area contributed by atoms with Gasteiger partial charge in [0.2, 0.25) is 5.95 Å². The fourth-order valence-electron chi connectivity index (χ4n) is 1.68. The molecule has 1 heterocycles. The first kappa shape index (κ1) is 14.9. The fraction of sp³-hybridized carbons (Fsp3) is 0.267. The third-order valence-corrected chi connectivity index (χ3v) is 2.80. The van der Waals surface area contributed by atoms with E-state index in [0.29, 0.717) is 31.2 Å². The van der Waals surface area contributed by atoms with Gasteiger partial charge in [0, 0.05) is 32.6 Å². The van der Waals surface area contributed by atoms with Crippen molar-refractivity contribution >= 4 is 11.9 Å². The highest BCUT2D eigenvalue weighted by atomic mass is 16.5. The zero-order chi connectivity index (χ0) is 14.9. The van der Waals surface area contributed by atoms with Crippen LogP contribution >= 0.6 is 0 Å². The van der Waals surface area contributed by atoms with Crippen LogP contribution in [0.2, 0.25) is 0 Å². The molecule has 0 atom stereocenters. The molecule has 2 rings (SSSR count). The molecule has 0 spiro atoms. The molecular formula is C15H18N4O2. The second kappa shape index (κ2) is 7.96. The molecule has 0 aliphatic carbocycles. The number of aromatic nitrogens is 2. The number of nitrogens with zero attached hydrogens (tertiary/aromatic N) is 2. The van der Waals surface area contributed by atoms with Crippen molar-refractivity contribution in [3.05, 3.63) is 53.9 Å². The Balaban J connectivity index is 1.85. The zero-order valence-corrected chi connectivity index (χ0v) is 11.9. The zero-order valence-electron chi connectivity index (χ0n) is 11.9. The molecule has 2 N–H and O–H groups in total. The third kappa shape index (κ3) is 4.85. The standard InChI is InChI=1S/C15H18N4O2/c1-21-8-7-16-15-18-10-13(11-19-15)14(20)17-9-12-5-3-2-4-6-12/h2-6,10-11H,7-9H2,1H3,(H,17,20)(H,16,18,19). The van der Waals surface area contributed by atoms with Gasteiger partial charge in [0.25, 0.3) is 5.91 Å². The van der Waals surface area contributed by atoms with Crippen LogP contribution in [0.5, 0.6) is 0 Å². The molecule has 0 unspecified atom stereocenters. The van der Waals surface area contributed by atoms with Crippen molar-refractivity contribution in [2.75, 3.05) is 25.6 Å². The molecule has 1 aromatic carbocycles. The summed E-state index contributed by atoms with van der Waals surface area (Å²) in [6.07, 6.45) is 3.00. The molecule has 0 saturated heterocycles. The van der Waals surface area contributed by atoms with Crippen LogP contribution in [0.3, 0.4) is 0 Å². The van der Waals surface area contributed by atoms with Gasteiger partial charge in [-0.3, -0.25) is 4.79 Å². The summed E-state index contributed by atoms with van der Waals surface area (Å²) < 4.78 is 4.92. The smallest absolute Gasteiger partial charge is 0.254 e. The van der Waals surface area contributed by atoms with E-state index in [2.05, 4.69) is 20.6 Å². The first-order valence-electron chi connectivity index (χ1n) is 6.66. The third-order valence-electron chi connectivity index (χ3n) is 2.80. The molecule has 110 valence electrons. The number of benzene rings is 1. The Morgan fingerprint density at radius 2 is 1.90 bits per heavy atom. The van der Waals surface area contributed by atoms with Gasteiger partial charge in [-0.25, -0.2) is 9.97 Å². The Labute approximate surface area is 123 Å². The van der Waals surface area contributed by atoms with Crippen molar-refractivity contribution in [1.29, 1.82) is 0 Å². The van der Waals surface area contributed by atoms with Crippen molar-refractivity contribution in [3.8, 4) is 0 Å². The Morgan fingerprint density at radius 3 is 2.57 bits per heavy atom. The average molecular weight is 286 g/mol. The van der Waals surface area contributed by atoms with Gasteiger partial charge in [-0.05, 0) is 5.56 Å². The first-order chi connectivity index (χ1) is 10.3. The molecule has 0 fully saturated rings. The molecule has 1 aromatic heterocycles. The molecule has 1 amide bonds. The van der Waals surface area contributed by atoms with Crippen LogP contribution in [0.1, 0.15) is 15.9 Å². The Bertz CT molecular complexity index is 558. The minimum atomic E-state index is -0.192. The van der Waals surface area contributed by atoms with E-state index in [-0.39, 0.29) is 5.91 Å². The summed E-state index contributed by atoms with van der Waals surface area (Å²) in [6, 6.07) is 9.73. The number of hydrogen-bond acceptors (Lipinski definition) is 5. The number of rotatable bonds is 7. The van der Waals surface area contributed by atoms with E-state index in [1.54, 1.807) is 7.11 Å². The van der Waals surface area contributed by atoms with Gasteiger partial charge in [0.05, 0.1) is 12.2 Å². The second-order valence-corrected chi connectivity index (χ2v) is 4.38. The molecular weight excluding hydrogens is 268 g/mol. The number of hydrogen-bond donors (Lipinski definition) is 2. The van der Waals surface area contributed by atoms with Crippen LogP contribution in [0.25, 0.3) is 0 Å². The van der Waals surface area contributed by atoms with Crippen LogP contribution in [0.15, 0.2) is 42.7 Å². The Kier molecular flexibility index (Phi) is 5.66. The summed E-state index contributed by atoms with van der Waals surface area (Å²) in [5.41, 5.74) is 1.48. The van der Waals surface area contributed by atoms with Crippen molar-refractivity contribution in [2.24, 2.45) is 0 Å². The maximum absolute atomic E-state index is 12.0.